The zero-order chi connectivity index (χ0) is 11.2. The van der Waals surface area contributed by atoms with Crippen molar-refractivity contribution < 1.29 is 9.53 Å². The number of rotatable bonds is 1. The van der Waals surface area contributed by atoms with Gasteiger partial charge < -0.3 is 4.74 Å². The van der Waals surface area contributed by atoms with Gasteiger partial charge in [-0.3, -0.25) is 4.90 Å². The maximum atomic E-state index is 11.7. The highest BCUT2D eigenvalue weighted by atomic mass is 16.6. The quantitative estimate of drug-likeness (QED) is 0.722. The fourth-order valence-electron chi connectivity index (χ4n) is 2.99. The lowest BCUT2D eigenvalue weighted by molar-refractivity contribution is 0.157. The summed E-state index contributed by atoms with van der Waals surface area (Å²) in [6.07, 6.45) is 0.844. The van der Waals surface area contributed by atoms with Crippen LogP contribution in [0.4, 0.5) is 4.79 Å². The van der Waals surface area contributed by atoms with Gasteiger partial charge in [-0.05, 0) is 17.9 Å². The molecular formula is C13H15NO2. The molecule has 84 valence electrons. The third kappa shape index (κ3) is 1.17. The highest BCUT2D eigenvalue weighted by Crippen LogP contribution is 2.45. The van der Waals surface area contributed by atoms with E-state index in [1.54, 1.807) is 0 Å². The van der Waals surface area contributed by atoms with Crippen LogP contribution in [0.25, 0.3) is 0 Å². The van der Waals surface area contributed by atoms with Crippen molar-refractivity contribution in [1.82, 2.24) is 4.90 Å². The molecule has 0 bridgehead atoms. The van der Waals surface area contributed by atoms with Crippen LogP contribution < -0.4 is 0 Å². The zero-order valence-corrected chi connectivity index (χ0v) is 9.35. The monoisotopic (exact) mass is 217 g/mol. The number of carbonyl (C=O) groups excluding carboxylic acids is 1. The molecule has 2 atom stereocenters. The summed E-state index contributed by atoms with van der Waals surface area (Å²) >= 11 is 0. The molecule has 2 saturated heterocycles. The summed E-state index contributed by atoms with van der Waals surface area (Å²) in [5.74, 6) is 0.549. The van der Waals surface area contributed by atoms with Crippen LogP contribution in [0, 0.1) is 5.92 Å². The van der Waals surface area contributed by atoms with E-state index in [-0.39, 0.29) is 11.6 Å². The summed E-state index contributed by atoms with van der Waals surface area (Å²) in [5, 5.41) is 0. The van der Waals surface area contributed by atoms with Crippen LogP contribution in [0.1, 0.15) is 18.9 Å². The maximum absolute atomic E-state index is 11.7. The Kier molecular flexibility index (Phi) is 1.96. The first-order valence-electron chi connectivity index (χ1n) is 5.72. The standard InChI is InChI=1S/C13H15NO2/c1-10-7-13(11-5-3-2-4-6-11)9-16-12(15)14(13)8-10/h2-6,10H,7-9H2,1H3/t10?,13-/m1/s1. The number of nitrogens with zero attached hydrogens (tertiary/aromatic N) is 1. The molecule has 0 aliphatic carbocycles. The first-order valence-corrected chi connectivity index (χ1v) is 5.72. The van der Waals surface area contributed by atoms with Gasteiger partial charge in [-0.2, -0.15) is 0 Å². The molecule has 2 heterocycles. The molecule has 3 rings (SSSR count). The molecule has 2 aliphatic rings. The van der Waals surface area contributed by atoms with Gasteiger partial charge in [0.05, 0.1) is 0 Å². The van der Waals surface area contributed by atoms with Gasteiger partial charge in [0.15, 0.2) is 0 Å². The summed E-state index contributed by atoms with van der Waals surface area (Å²) in [7, 11) is 0. The van der Waals surface area contributed by atoms with Gasteiger partial charge in [0, 0.05) is 6.54 Å². The molecule has 0 saturated carbocycles. The summed E-state index contributed by atoms with van der Waals surface area (Å²) in [4.78, 5) is 13.6. The van der Waals surface area contributed by atoms with Crippen LogP contribution >= 0.6 is 0 Å². The van der Waals surface area contributed by atoms with E-state index in [4.69, 9.17) is 4.74 Å². The number of cyclic esters (lactones) is 1. The zero-order valence-electron chi connectivity index (χ0n) is 9.35. The Labute approximate surface area is 95.0 Å². The first kappa shape index (κ1) is 9.70. The lowest BCUT2D eigenvalue weighted by Crippen LogP contribution is -2.39. The topological polar surface area (TPSA) is 29.5 Å². The van der Waals surface area contributed by atoms with E-state index in [1.165, 1.54) is 5.56 Å². The summed E-state index contributed by atoms with van der Waals surface area (Å²) in [6, 6.07) is 10.2. The van der Waals surface area contributed by atoms with Gasteiger partial charge in [0.1, 0.15) is 12.1 Å². The van der Waals surface area contributed by atoms with Crippen molar-refractivity contribution in [2.45, 2.75) is 18.9 Å². The maximum Gasteiger partial charge on any atom is 0.410 e. The number of amides is 1. The van der Waals surface area contributed by atoms with Gasteiger partial charge in [0.2, 0.25) is 0 Å². The predicted octanol–water partition coefficient (Wildman–Crippen LogP) is 2.37. The van der Waals surface area contributed by atoms with Crippen molar-refractivity contribution in [2.75, 3.05) is 13.2 Å². The Morgan fingerprint density at radius 1 is 1.38 bits per heavy atom. The number of hydrogen-bond donors (Lipinski definition) is 0. The summed E-state index contributed by atoms with van der Waals surface area (Å²) in [6.45, 7) is 3.50. The van der Waals surface area contributed by atoms with Crippen molar-refractivity contribution in [3.8, 4) is 0 Å². The van der Waals surface area contributed by atoms with Crippen molar-refractivity contribution >= 4 is 6.09 Å². The molecule has 1 amide bonds. The van der Waals surface area contributed by atoms with Crippen LogP contribution in [-0.4, -0.2) is 24.1 Å². The average Bonchev–Trinajstić information content (AvgIpc) is 2.79. The highest BCUT2D eigenvalue weighted by molar-refractivity contribution is 5.72. The van der Waals surface area contributed by atoms with Crippen molar-refractivity contribution in [1.29, 1.82) is 0 Å². The highest BCUT2D eigenvalue weighted by Gasteiger charge is 2.53. The molecule has 2 aliphatic heterocycles. The van der Waals surface area contributed by atoms with Crippen LogP contribution in [0.3, 0.4) is 0 Å². The van der Waals surface area contributed by atoms with Crippen LogP contribution in [0.2, 0.25) is 0 Å². The molecule has 0 radical (unpaired) electrons. The number of hydrogen-bond acceptors (Lipinski definition) is 2. The summed E-state index contributed by atoms with van der Waals surface area (Å²) < 4.78 is 5.21. The number of ether oxygens (including phenoxy) is 1. The lowest BCUT2D eigenvalue weighted by Gasteiger charge is -2.28. The lowest BCUT2D eigenvalue weighted by atomic mass is 9.86. The molecular weight excluding hydrogens is 202 g/mol. The molecule has 1 unspecified atom stereocenters. The molecule has 0 spiro atoms. The van der Waals surface area contributed by atoms with E-state index in [9.17, 15) is 4.79 Å². The normalized spacial score (nSPS) is 32.7. The first-order chi connectivity index (χ1) is 7.72. The third-order valence-electron chi connectivity index (χ3n) is 3.66. The molecule has 1 aromatic carbocycles. The second-order valence-electron chi connectivity index (χ2n) is 4.87. The van der Waals surface area contributed by atoms with Crippen molar-refractivity contribution in [3.63, 3.8) is 0 Å². The number of fused-ring (bicyclic) bond motifs is 1. The minimum atomic E-state index is -0.197. The Morgan fingerprint density at radius 2 is 2.12 bits per heavy atom. The van der Waals surface area contributed by atoms with Crippen LogP contribution in [-0.2, 0) is 10.3 Å². The third-order valence-corrected chi connectivity index (χ3v) is 3.66. The Bertz CT molecular complexity index is 417. The Hall–Kier alpha value is -1.51. The Balaban J connectivity index is 2.06. The molecule has 3 heteroatoms. The number of carbonyl (C=O) groups is 1. The van der Waals surface area contributed by atoms with Crippen LogP contribution in [0.5, 0.6) is 0 Å². The van der Waals surface area contributed by atoms with E-state index in [1.807, 2.05) is 23.1 Å². The second-order valence-corrected chi connectivity index (χ2v) is 4.87. The van der Waals surface area contributed by atoms with E-state index in [2.05, 4.69) is 19.1 Å². The van der Waals surface area contributed by atoms with Gasteiger partial charge in [-0.15, -0.1) is 0 Å². The molecule has 0 aromatic heterocycles. The predicted molar refractivity (Wildman–Crippen MR) is 60.0 cm³/mol. The van der Waals surface area contributed by atoms with E-state index in [0.29, 0.717) is 12.5 Å². The van der Waals surface area contributed by atoms with Gasteiger partial charge in [-0.1, -0.05) is 37.3 Å². The molecule has 3 nitrogen and oxygen atoms in total. The van der Waals surface area contributed by atoms with Gasteiger partial charge in [0.25, 0.3) is 0 Å². The number of benzene rings is 1. The fourth-order valence-corrected chi connectivity index (χ4v) is 2.99. The van der Waals surface area contributed by atoms with E-state index >= 15 is 0 Å². The average molecular weight is 217 g/mol. The molecule has 16 heavy (non-hydrogen) atoms. The minimum Gasteiger partial charge on any atom is -0.447 e. The SMILES string of the molecule is CC1CN2C(=O)OC[C@@]2(c2ccccc2)C1. The van der Waals surface area contributed by atoms with Crippen LogP contribution in [0.15, 0.2) is 30.3 Å². The van der Waals surface area contributed by atoms with Crippen molar-refractivity contribution in [2.24, 2.45) is 5.92 Å². The molecule has 2 fully saturated rings. The van der Waals surface area contributed by atoms with Gasteiger partial charge >= 0.3 is 6.09 Å². The molecule has 1 aromatic rings. The minimum absolute atomic E-state index is 0.159. The fraction of sp³-hybridized carbons (Fsp3) is 0.462. The van der Waals surface area contributed by atoms with E-state index in [0.717, 1.165) is 13.0 Å². The largest absolute Gasteiger partial charge is 0.447 e. The summed E-state index contributed by atoms with van der Waals surface area (Å²) in [5.41, 5.74) is 1.00. The Morgan fingerprint density at radius 3 is 2.88 bits per heavy atom. The molecule has 0 N–H and O–H groups in total. The second kappa shape index (κ2) is 3.24. The van der Waals surface area contributed by atoms with Crippen molar-refractivity contribution in [3.05, 3.63) is 35.9 Å². The van der Waals surface area contributed by atoms with E-state index < -0.39 is 0 Å². The van der Waals surface area contributed by atoms with Gasteiger partial charge in [-0.25, -0.2) is 4.79 Å². The smallest absolute Gasteiger partial charge is 0.410 e.